The molecule has 0 saturated carbocycles. The Balaban J connectivity index is 1.35. The molecule has 36 heavy (non-hydrogen) atoms. The molecule has 3 heterocycles. The monoisotopic (exact) mass is 489 g/mol. The minimum atomic E-state index is -0.412. The highest BCUT2D eigenvalue weighted by Gasteiger charge is 2.35. The van der Waals surface area contributed by atoms with Crippen LogP contribution in [0.3, 0.4) is 0 Å². The normalized spacial score (nSPS) is 16.5. The van der Waals surface area contributed by atoms with Crippen LogP contribution >= 0.6 is 11.8 Å². The summed E-state index contributed by atoms with van der Waals surface area (Å²) in [5.74, 6) is -0.361. The van der Waals surface area contributed by atoms with E-state index in [1.165, 1.54) is 22.2 Å². The number of carbonyl (C=O) groups is 1. The highest BCUT2D eigenvalue weighted by atomic mass is 32.2. The molecule has 0 atom stereocenters. The molecule has 1 N–H and O–H groups in total. The largest absolute Gasteiger partial charge is 0.317 e. The van der Waals surface area contributed by atoms with E-state index in [9.17, 15) is 4.79 Å². The van der Waals surface area contributed by atoms with Gasteiger partial charge in [0.1, 0.15) is 5.04 Å². The van der Waals surface area contributed by atoms with Gasteiger partial charge >= 0.3 is 0 Å². The van der Waals surface area contributed by atoms with Gasteiger partial charge in [-0.25, -0.2) is 0 Å². The average Bonchev–Trinajstić information content (AvgIpc) is 3.41. The second kappa shape index (κ2) is 8.77. The van der Waals surface area contributed by atoms with Gasteiger partial charge in [-0.15, -0.1) is 0 Å². The maximum atomic E-state index is 13.0. The van der Waals surface area contributed by atoms with Crippen molar-refractivity contribution < 1.29 is 4.79 Å². The molecule has 176 valence electrons. The molecule has 0 unspecified atom stereocenters. The minimum absolute atomic E-state index is 0.0514. The van der Waals surface area contributed by atoms with Crippen molar-refractivity contribution in [2.45, 2.75) is 20.3 Å². The number of nitrogens with zero attached hydrogens (tertiary/aromatic N) is 4. The number of aromatic nitrogens is 1. The molecule has 4 aromatic rings. The number of hydrogen-bond acceptors (Lipinski definition) is 4. The Labute approximate surface area is 213 Å². The van der Waals surface area contributed by atoms with Crippen LogP contribution in [0.25, 0.3) is 22.5 Å². The van der Waals surface area contributed by atoms with E-state index in [0.717, 1.165) is 38.6 Å². The Morgan fingerprint density at radius 3 is 2.56 bits per heavy atom. The summed E-state index contributed by atoms with van der Waals surface area (Å²) >= 11 is 1.35. The second-order valence-electron chi connectivity index (χ2n) is 8.84. The molecule has 2 aliphatic rings. The van der Waals surface area contributed by atoms with Crippen molar-refractivity contribution in [3.8, 4) is 5.69 Å². The summed E-state index contributed by atoms with van der Waals surface area (Å²) in [5, 5.41) is 18.4. The predicted octanol–water partition coefficient (Wildman–Crippen LogP) is 6.11. The zero-order chi connectivity index (χ0) is 24.8. The average molecular weight is 490 g/mol. The number of rotatable bonds is 4. The van der Waals surface area contributed by atoms with E-state index in [0.29, 0.717) is 11.6 Å². The number of thioether (sulfide) groups is 1. The topological polar surface area (TPSA) is 73.8 Å². The van der Waals surface area contributed by atoms with E-state index < -0.39 is 5.91 Å². The first-order chi connectivity index (χ1) is 17.5. The van der Waals surface area contributed by atoms with Crippen LogP contribution in [0.4, 0.5) is 0 Å². The van der Waals surface area contributed by atoms with Crippen LogP contribution in [0.5, 0.6) is 0 Å². The lowest BCUT2D eigenvalue weighted by Crippen LogP contribution is -2.35. The van der Waals surface area contributed by atoms with Crippen LogP contribution in [-0.2, 0) is 11.2 Å². The number of amidine groups is 2. The summed E-state index contributed by atoms with van der Waals surface area (Å²) in [7, 11) is 0. The number of hydrogen-bond donors (Lipinski definition) is 1. The first kappa shape index (κ1) is 22.2. The summed E-state index contributed by atoms with van der Waals surface area (Å²) in [5.41, 5.74) is 5.38. The molecule has 0 spiro atoms. The quantitative estimate of drug-likeness (QED) is 0.352. The summed E-state index contributed by atoms with van der Waals surface area (Å²) in [6.45, 7) is 4.09. The summed E-state index contributed by atoms with van der Waals surface area (Å²) in [6.07, 6.45) is 2.40. The van der Waals surface area contributed by atoms with Gasteiger partial charge in [0.05, 0.1) is 11.3 Å². The van der Waals surface area contributed by atoms with Crippen molar-refractivity contribution in [3.05, 3.63) is 107 Å². The number of fused-ring (bicyclic) bond motifs is 2. The van der Waals surface area contributed by atoms with Crippen LogP contribution in [0.2, 0.25) is 0 Å². The molecular formula is C29H23N5OS. The minimum Gasteiger partial charge on any atom is -0.317 e. The Morgan fingerprint density at radius 1 is 0.972 bits per heavy atom. The van der Waals surface area contributed by atoms with Gasteiger partial charge in [-0.1, -0.05) is 66.7 Å². The third-order valence-electron chi connectivity index (χ3n) is 6.47. The first-order valence-corrected chi connectivity index (χ1v) is 12.5. The van der Waals surface area contributed by atoms with Gasteiger partial charge in [-0.05, 0) is 60.3 Å². The molecule has 6 nitrogen and oxygen atoms in total. The molecule has 0 fully saturated rings. The van der Waals surface area contributed by atoms with Crippen molar-refractivity contribution in [1.29, 1.82) is 5.41 Å². The SMILES string of the molecule is Cc1cc(/C=C2/C(=N)N3N=C(Cc4ccccc4)SC3=NC2=O)c(C)n1-c1cccc2ccccc12. The molecule has 3 aromatic carbocycles. The molecule has 0 bridgehead atoms. The van der Waals surface area contributed by atoms with E-state index in [2.05, 4.69) is 51.9 Å². The number of aliphatic imine (C=N–C) groups is 1. The fraction of sp³-hybridized carbons (Fsp3) is 0.103. The Kier molecular flexibility index (Phi) is 5.42. The number of carbonyl (C=O) groups excluding carboxylic acids is 1. The van der Waals surface area contributed by atoms with E-state index in [1.807, 2.05) is 55.5 Å². The number of benzene rings is 3. The van der Waals surface area contributed by atoms with Gasteiger partial charge in [0, 0.05) is 23.2 Å². The van der Waals surface area contributed by atoms with Gasteiger partial charge in [-0.3, -0.25) is 10.2 Å². The first-order valence-electron chi connectivity index (χ1n) is 11.7. The molecule has 0 aliphatic carbocycles. The fourth-order valence-corrected chi connectivity index (χ4v) is 5.66. The molecule has 0 radical (unpaired) electrons. The van der Waals surface area contributed by atoms with Crippen molar-refractivity contribution in [3.63, 3.8) is 0 Å². The van der Waals surface area contributed by atoms with Crippen molar-refractivity contribution in [2.75, 3.05) is 0 Å². The summed E-state index contributed by atoms with van der Waals surface area (Å²) in [6, 6.07) is 26.6. The molecule has 0 saturated heterocycles. The molecule has 6 rings (SSSR count). The number of nitrogens with one attached hydrogen (secondary N) is 1. The number of hydrazone groups is 1. The third kappa shape index (κ3) is 3.78. The zero-order valence-electron chi connectivity index (χ0n) is 19.9. The van der Waals surface area contributed by atoms with E-state index in [1.54, 1.807) is 6.08 Å². The lowest BCUT2D eigenvalue weighted by atomic mass is 10.1. The Hall–Kier alpha value is -4.23. The molecule has 2 aliphatic heterocycles. The molecule has 1 amide bonds. The summed E-state index contributed by atoms with van der Waals surface area (Å²) in [4.78, 5) is 17.2. The van der Waals surface area contributed by atoms with Crippen LogP contribution in [0, 0.1) is 19.3 Å². The van der Waals surface area contributed by atoms with E-state index in [4.69, 9.17) is 5.41 Å². The zero-order valence-corrected chi connectivity index (χ0v) is 20.7. The van der Waals surface area contributed by atoms with Gasteiger partial charge in [-0.2, -0.15) is 15.1 Å². The Morgan fingerprint density at radius 2 is 1.72 bits per heavy atom. The van der Waals surface area contributed by atoms with Gasteiger partial charge in [0.15, 0.2) is 5.84 Å². The smallest absolute Gasteiger partial charge is 0.283 e. The summed E-state index contributed by atoms with van der Waals surface area (Å²) < 4.78 is 2.20. The lowest BCUT2D eigenvalue weighted by Gasteiger charge is -2.20. The van der Waals surface area contributed by atoms with E-state index >= 15 is 0 Å². The lowest BCUT2D eigenvalue weighted by molar-refractivity contribution is -0.114. The van der Waals surface area contributed by atoms with Crippen LogP contribution in [0.1, 0.15) is 22.5 Å². The van der Waals surface area contributed by atoms with Crippen LogP contribution in [-0.4, -0.2) is 31.5 Å². The number of aryl methyl sites for hydroxylation is 1. The van der Waals surface area contributed by atoms with Crippen LogP contribution in [0.15, 0.2) is 94.5 Å². The maximum Gasteiger partial charge on any atom is 0.283 e. The molecular weight excluding hydrogens is 466 g/mol. The van der Waals surface area contributed by atoms with Crippen molar-refractivity contribution in [2.24, 2.45) is 10.1 Å². The molecule has 7 heteroatoms. The van der Waals surface area contributed by atoms with Crippen LogP contribution < -0.4 is 0 Å². The number of amides is 1. The maximum absolute atomic E-state index is 13.0. The van der Waals surface area contributed by atoms with E-state index in [-0.39, 0.29) is 11.4 Å². The third-order valence-corrected chi connectivity index (χ3v) is 7.38. The highest BCUT2D eigenvalue weighted by molar-refractivity contribution is 8.26. The van der Waals surface area contributed by atoms with Crippen molar-refractivity contribution in [1.82, 2.24) is 9.58 Å². The van der Waals surface area contributed by atoms with Crippen molar-refractivity contribution >= 4 is 50.6 Å². The molecule has 1 aromatic heterocycles. The predicted molar refractivity (Wildman–Crippen MR) is 148 cm³/mol. The Bertz CT molecular complexity index is 1640. The standard InChI is InChI=1S/C29H23N5OS/c1-18-15-22(19(2)33(18)25-14-8-12-21-11-6-7-13-23(21)25)17-24-27(30)34-29(31-28(24)35)36-26(32-34)16-20-9-4-3-5-10-20/h3-15,17,30H,16H2,1-2H3/b24-17-,30-27?. The highest BCUT2D eigenvalue weighted by Crippen LogP contribution is 2.32. The second-order valence-corrected chi connectivity index (χ2v) is 9.88. The fourth-order valence-electron chi connectivity index (χ4n) is 4.74. The van der Waals surface area contributed by atoms with Gasteiger partial charge < -0.3 is 4.57 Å². The van der Waals surface area contributed by atoms with Gasteiger partial charge in [0.2, 0.25) is 5.17 Å². The van der Waals surface area contributed by atoms with Gasteiger partial charge in [0.25, 0.3) is 5.91 Å².